The standard InChI is InChI=1S/C20H29NO3/c1-14(2)20(13-15-11-9-8-10-12-15)17(22)24-19(6,18(3,4)5)16(21-20)23-7/h8-12,14H,13H2,1-7H3/t19-,20+/m1/s1. The molecule has 1 aliphatic rings. The lowest BCUT2D eigenvalue weighted by atomic mass is 9.74. The maximum Gasteiger partial charge on any atom is 0.335 e. The van der Waals surface area contributed by atoms with Gasteiger partial charge in [-0.3, -0.25) is 0 Å². The van der Waals surface area contributed by atoms with Crippen LogP contribution in [0.25, 0.3) is 0 Å². The highest BCUT2D eigenvalue weighted by atomic mass is 16.6. The Hall–Kier alpha value is -1.84. The molecule has 0 saturated heterocycles. The molecular formula is C20H29NO3. The molecule has 0 radical (unpaired) electrons. The van der Waals surface area contributed by atoms with Crippen molar-refractivity contribution in [3.63, 3.8) is 0 Å². The fraction of sp³-hybridized carbons (Fsp3) is 0.600. The number of nitrogens with zero attached hydrogens (tertiary/aromatic N) is 1. The number of rotatable bonds is 3. The van der Waals surface area contributed by atoms with Gasteiger partial charge in [-0.15, -0.1) is 0 Å². The second kappa shape index (κ2) is 6.23. The molecule has 4 heteroatoms. The predicted octanol–water partition coefficient (Wildman–Crippen LogP) is 4.03. The van der Waals surface area contributed by atoms with Crippen molar-refractivity contribution in [3.05, 3.63) is 35.9 Å². The Bertz CT molecular complexity index is 630. The number of methoxy groups -OCH3 is 1. The summed E-state index contributed by atoms with van der Waals surface area (Å²) in [5, 5.41) is 0. The zero-order valence-electron chi connectivity index (χ0n) is 15.8. The summed E-state index contributed by atoms with van der Waals surface area (Å²) in [7, 11) is 1.59. The second-order valence-electron chi connectivity index (χ2n) is 8.04. The number of carbonyl (C=O) groups is 1. The molecule has 0 amide bonds. The quantitative estimate of drug-likeness (QED) is 0.786. The van der Waals surface area contributed by atoms with E-state index in [9.17, 15) is 4.79 Å². The van der Waals surface area contributed by atoms with Gasteiger partial charge in [0.2, 0.25) is 5.90 Å². The van der Waals surface area contributed by atoms with E-state index in [2.05, 4.69) is 0 Å². The van der Waals surface area contributed by atoms with Gasteiger partial charge < -0.3 is 9.47 Å². The lowest BCUT2D eigenvalue weighted by Gasteiger charge is -2.47. The molecule has 0 saturated carbocycles. The van der Waals surface area contributed by atoms with Gasteiger partial charge in [0, 0.05) is 11.8 Å². The summed E-state index contributed by atoms with van der Waals surface area (Å²) in [6.45, 7) is 11.9. The monoisotopic (exact) mass is 331 g/mol. The van der Waals surface area contributed by atoms with Gasteiger partial charge >= 0.3 is 5.97 Å². The molecule has 0 spiro atoms. The van der Waals surface area contributed by atoms with Gasteiger partial charge in [-0.05, 0) is 18.4 Å². The van der Waals surface area contributed by atoms with Crippen LogP contribution in [0.3, 0.4) is 0 Å². The smallest absolute Gasteiger partial charge is 0.335 e. The summed E-state index contributed by atoms with van der Waals surface area (Å²) in [4.78, 5) is 17.9. The number of benzene rings is 1. The minimum absolute atomic E-state index is 0.0140. The van der Waals surface area contributed by atoms with Gasteiger partial charge in [-0.1, -0.05) is 65.0 Å². The molecule has 4 nitrogen and oxygen atoms in total. The highest BCUT2D eigenvalue weighted by Gasteiger charge is 2.57. The average Bonchev–Trinajstić information content (AvgIpc) is 2.49. The number of hydrogen-bond donors (Lipinski definition) is 0. The number of carbonyl (C=O) groups excluding carboxylic acids is 1. The molecule has 1 aromatic carbocycles. The van der Waals surface area contributed by atoms with E-state index >= 15 is 0 Å². The largest absolute Gasteiger partial charge is 0.481 e. The first-order valence-corrected chi connectivity index (χ1v) is 8.48. The van der Waals surface area contributed by atoms with Crippen LogP contribution in [0.5, 0.6) is 0 Å². The minimum atomic E-state index is -0.961. The third-order valence-corrected chi connectivity index (χ3v) is 5.26. The zero-order chi connectivity index (χ0) is 18.2. The summed E-state index contributed by atoms with van der Waals surface area (Å²) in [6.07, 6.45) is 0.497. The van der Waals surface area contributed by atoms with Crippen LogP contribution in [0.4, 0.5) is 0 Å². The third kappa shape index (κ3) is 2.94. The number of cyclic esters (lactones) is 1. The van der Waals surface area contributed by atoms with Crippen LogP contribution in [0.1, 0.15) is 47.1 Å². The van der Waals surface area contributed by atoms with Crippen LogP contribution in [0.15, 0.2) is 35.3 Å². The van der Waals surface area contributed by atoms with Crippen LogP contribution in [0, 0.1) is 11.3 Å². The summed E-state index contributed by atoms with van der Waals surface area (Å²) < 4.78 is 11.6. The molecule has 0 fully saturated rings. The topological polar surface area (TPSA) is 47.9 Å². The second-order valence-corrected chi connectivity index (χ2v) is 8.04. The van der Waals surface area contributed by atoms with Gasteiger partial charge in [-0.2, -0.15) is 0 Å². The van der Waals surface area contributed by atoms with E-state index in [1.165, 1.54) is 0 Å². The highest BCUT2D eigenvalue weighted by molar-refractivity contribution is 5.97. The molecule has 132 valence electrons. The maximum atomic E-state index is 13.1. The average molecular weight is 331 g/mol. The molecule has 2 rings (SSSR count). The summed E-state index contributed by atoms with van der Waals surface area (Å²) in [5.41, 5.74) is -1.11. The summed E-state index contributed by atoms with van der Waals surface area (Å²) in [5.74, 6) is 0.193. The van der Waals surface area contributed by atoms with Crippen molar-refractivity contribution in [3.8, 4) is 0 Å². The van der Waals surface area contributed by atoms with E-state index in [1.54, 1.807) is 7.11 Å². The van der Waals surface area contributed by atoms with Crippen LogP contribution in [0.2, 0.25) is 0 Å². The SMILES string of the molecule is COC1=N[C@@](Cc2ccccc2)(C(C)C)C(=O)O[C@@]1(C)C(C)(C)C. The van der Waals surface area contributed by atoms with Crippen LogP contribution in [-0.4, -0.2) is 30.1 Å². The summed E-state index contributed by atoms with van der Waals surface area (Å²) in [6, 6.07) is 9.93. The highest BCUT2D eigenvalue weighted by Crippen LogP contribution is 2.43. The van der Waals surface area contributed by atoms with Gasteiger partial charge in [0.25, 0.3) is 0 Å². The number of hydrogen-bond acceptors (Lipinski definition) is 4. The van der Waals surface area contributed by atoms with E-state index < -0.39 is 11.1 Å². The van der Waals surface area contributed by atoms with E-state index in [0.717, 1.165) is 5.56 Å². The molecule has 0 N–H and O–H groups in total. The molecule has 0 aliphatic carbocycles. The fourth-order valence-electron chi connectivity index (χ4n) is 2.95. The Morgan fingerprint density at radius 2 is 1.79 bits per heavy atom. The van der Waals surface area contributed by atoms with E-state index in [0.29, 0.717) is 12.3 Å². The van der Waals surface area contributed by atoms with Gasteiger partial charge in [0.05, 0.1) is 7.11 Å². The van der Waals surface area contributed by atoms with Crippen LogP contribution >= 0.6 is 0 Å². The van der Waals surface area contributed by atoms with E-state index in [-0.39, 0.29) is 17.3 Å². The fourth-order valence-corrected chi connectivity index (χ4v) is 2.95. The first-order valence-electron chi connectivity index (χ1n) is 8.48. The van der Waals surface area contributed by atoms with Crippen LogP contribution in [-0.2, 0) is 20.7 Å². The molecule has 24 heavy (non-hydrogen) atoms. The van der Waals surface area contributed by atoms with Gasteiger partial charge in [-0.25, -0.2) is 9.79 Å². The van der Waals surface area contributed by atoms with Crippen LogP contribution < -0.4 is 0 Å². The molecule has 0 aromatic heterocycles. The molecule has 1 aliphatic heterocycles. The van der Waals surface area contributed by atoms with Gasteiger partial charge in [0.15, 0.2) is 11.1 Å². The molecule has 1 heterocycles. The molecule has 0 unspecified atom stereocenters. The first kappa shape index (κ1) is 18.5. The zero-order valence-corrected chi connectivity index (χ0v) is 15.8. The third-order valence-electron chi connectivity index (χ3n) is 5.26. The lowest BCUT2D eigenvalue weighted by molar-refractivity contribution is -0.174. The van der Waals surface area contributed by atoms with Crippen molar-refractivity contribution in [1.29, 1.82) is 0 Å². The van der Waals surface area contributed by atoms with Crippen molar-refractivity contribution in [2.45, 2.75) is 59.1 Å². The predicted molar refractivity (Wildman–Crippen MR) is 96.1 cm³/mol. The van der Waals surface area contributed by atoms with E-state index in [4.69, 9.17) is 14.5 Å². The number of ether oxygens (including phenoxy) is 2. The lowest BCUT2D eigenvalue weighted by Crippen LogP contribution is -2.61. The normalized spacial score (nSPS) is 27.7. The maximum absolute atomic E-state index is 13.1. The molecule has 1 aromatic rings. The van der Waals surface area contributed by atoms with Crippen molar-refractivity contribution in [2.24, 2.45) is 16.3 Å². The molecular weight excluding hydrogens is 302 g/mol. The first-order chi connectivity index (χ1) is 11.1. The molecule has 0 bridgehead atoms. The Balaban J connectivity index is 2.57. The van der Waals surface area contributed by atoms with Crippen molar-refractivity contribution >= 4 is 11.9 Å². The summed E-state index contributed by atoms with van der Waals surface area (Å²) >= 11 is 0. The Morgan fingerprint density at radius 1 is 1.21 bits per heavy atom. The Labute approximate surface area is 145 Å². The Kier molecular flexibility index (Phi) is 4.80. The number of esters is 1. The Morgan fingerprint density at radius 3 is 2.25 bits per heavy atom. The van der Waals surface area contributed by atoms with E-state index in [1.807, 2.05) is 71.9 Å². The number of aliphatic imine (C=N–C) groups is 1. The van der Waals surface area contributed by atoms with Crippen molar-refractivity contribution in [1.82, 2.24) is 0 Å². The molecule has 2 atom stereocenters. The van der Waals surface area contributed by atoms with Crippen molar-refractivity contribution in [2.75, 3.05) is 7.11 Å². The minimum Gasteiger partial charge on any atom is -0.481 e. The van der Waals surface area contributed by atoms with Crippen molar-refractivity contribution < 1.29 is 14.3 Å². The van der Waals surface area contributed by atoms with Gasteiger partial charge in [0.1, 0.15) is 0 Å².